The molecule has 0 aromatic carbocycles. The van der Waals surface area contributed by atoms with Crippen molar-refractivity contribution in [2.24, 2.45) is 11.8 Å². The lowest BCUT2D eigenvalue weighted by molar-refractivity contribution is -0.124. The molecule has 1 saturated heterocycles. The van der Waals surface area contributed by atoms with Crippen LogP contribution < -0.4 is 5.32 Å². The number of nitrogens with zero attached hydrogens (tertiary/aromatic N) is 1. The molecule has 1 heterocycles. The Morgan fingerprint density at radius 1 is 1.29 bits per heavy atom. The van der Waals surface area contributed by atoms with Crippen molar-refractivity contribution in [3.8, 4) is 0 Å². The summed E-state index contributed by atoms with van der Waals surface area (Å²) in [6.45, 7) is 7.63. The van der Waals surface area contributed by atoms with Crippen molar-refractivity contribution in [3.05, 3.63) is 12.2 Å². The first kappa shape index (κ1) is 15.9. The zero-order chi connectivity index (χ0) is 15.5. The Bertz CT molecular complexity index is 418. The third kappa shape index (κ3) is 4.76. The fraction of sp³-hybridized carbons (Fsp3) is 0.750. The minimum atomic E-state index is -0.459. The predicted molar refractivity (Wildman–Crippen MR) is 80.8 cm³/mol. The van der Waals surface area contributed by atoms with Crippen LogP contribution in [0.25, 0.3) is 0 Å². The topological polar surface area (TPSA) is 58.6 Å². The first-order valence-corrected chi connectivity index (χ1v) is 7.76. The molecule has 0 saturated carbocycles. The Labute approximate surface area is 126 Å². The molecule has 2 amide bonds. The maximum atomic E-state index is 12.0. The van der Waals surface area contributed by atoms with Gasteiger partial charge in [-0.1, -0.05) is 12.2 Å². The van der Waals surface area contributed by atoms with Gasteiger partial charge in [0.2, 0.25) is 5.91 Å². The van der Waals surface area contributed by atoms with E-state index in [0.717, 1.165) is 19.3 Å². The molecule has 0 radical (unpaired) electrons. The van der Waals surface area contributed by atoms with Gasteiger partial charge in [0, 0.05) is 25.6 Å². The van der Waals surface area contributed by atoms with Gasteiger partial charge in [0.05, 0.1) is 0 Å². The number of hydrogen-bond donors (Lipinski definition) is 1. The monoisotopic (exact) mass is 294 g/mol. The molecule has 21 heavy (non-hydrogen) atoms. The largest absolute Gasteiger partial charge is 0.444 e. The summed E-state index contributed by atoms with van der Waals surface area (Å²) in [6.07, 6.45) is 6.48. The molecule has 0 spiro atoms. The van der Waals surface area contributed by atoms with Gasteiger partial charge in [0.25, 0.3) is 0 Å². The van der Waals surface area contributed by atoms with Crippen molar-refractivity contribution < 1.29 is 14.3 Å². The van der Waals surface area contributed by atoms with E-state index in [9.17, 15) is 9.59 Å². The Morgan fingerprint density at radius 3 is 2.57 bits per heavy atom. The van der Waals surface area contributed by atoms with Gasteiger partial charge in [-0.25, -0.2) is 4.79 Å². The maximum Gasteiger partial charge on any atom is 0.410 e. The minimum Gasteiger partial charge on any atom is -0.444 e. The van der Waals surface area contributed by atoms with Crippen LogP contribution in [0.1, 0.15) is 40.0 Å². The number of carbonyl (C=O) groups is 2. The number of carbonyl (C=O) groups excluding carboxylic acids is 2. The standard InChI is InChI=1S/C16H26N2O3/c1-16(2,3)21-15(20)18-9-8-12(11-18)10-17-14(19)13-6-4-5-7-13/h4-5,12-13H,6-11H2,1-3H3,(H,17,19)/t12-/m0/s1. The fourth-order valence-corrected chi connectivity index (χ4v) is 2.71. The van der Waals surface area contributed by atoms with E-state index in [2.05, 4.69) is 17.5 Å². The summed E-state index contributed by atoms with van der Waals surface area (Å²) in [4.78, 5) is 25.6. The average Bonchev–Trinajstić information content (AvgIpc) is 3.05. The Kier molecular flexibility index (Phi) is 4.91. The number of allylic oxidation sites excluding steroid dienone is 2. The molecular formula is C16H26N2O3. The molecule has 0 aromatic heterocycles. The summed E-state index contributed by atoms with van der Waals surface area (Å²) in [7, 11) is 0. The summed E-state index contributed by atoms with van der Waals surface area (Å²) in [5.41, 5.74) is -0.459. The summed E-state index contributed by atoms with van der Waals surface area (Å²) >= 11 is 0. The van der Waals surface area contributed by atoms with Crippen LogP contribution in [0.5, 0.6) is 0 Å². The quantitative estimate of drug-likeness (QED) is 0.813. The van der Waals surface area contributed by atoms with Gasteiger partial charge >= 0.3 is 6.09 Å². The summed E-state index contributed by atoms with van der Waals surface area (Å²) in [6, 6.07) is 0. The molecule has 0 unspecified atom stereocenters. The fourth-order valence-electron chi connectivity index (χ4n) is 2.71. The lowest BCUT2D eigenvalue weighted by Crippen LogP contribution is -2.37. The third-order valence-corrected chi connectivity index (χ3v) is 3.88. The Balaban J connectivity index is 1.70. The second-order valence-corrected chi connectivity index (χ2v) is 6.97. The number of likely N-dealkylation sites (tertiary alicyclic amines) is 1. The zero-order valence-electron chi connectivity index (χ0n) is 13.2. The second kappa shape index (κ2) is 6.50. The van der Waals surface area contributed by atoms with Gasteiger partial charge in [-0.15, -0.1) is 0 Å². The molecule has 1 fully saturated rings. The lowest BCUT2D eigenvalue weighted by Gasteiger charge is -2.24. The van der Waals surface area contributed by atoms with Crippen molar-refractivity contribution in [1.82, 2.24) is 10.2 Å². The van der Waals surface area contributed by atoms with E-state index in [1.165, 1.54) is 0 Å². The molecule has 2 rings (SSSR count). The van der Waals surface area contributed by atoms with Crippen LogP contribution in [0.4, 0.5) is 4.79 Å². The van der Waals surface area contributed by atoms with Crippen LogP contribution in [-0.4, -0.2) is 42.1 Å². The molecule has 0 aromatic rings. The summed E-state index contributed by atoms with van der Waals surface area (Å²) in [5.74, 6) is 0.569. The molecule has 1 N–H and O–H groups in total. The highest BCUT2D eigenvalue weighted by atomic mass is 16.6. The van der Waals surface area contributed by atoms with Crippen LogP contribution in [0.15, 0.2) is 12.2 Å². The van der Waals surface area contributed by atoms with E-state index >= 15 is 0 Å². The van der Waals surface area contributed by atoms with Crippen molar-refractivity contribution in [2.75, 3.05) is 19.6 Å². The molecule has 2 aliphatic rings. The minimum absolute atomic E-state index is 0.105. The molecule has 5 nitrogen and oxygen atoms in total. The summed E-state index contributed by atoms with van der Waals surface area (Å²) in [5, 5.41) is 3.02. The smallest absolute Gasteiger partial charge is 0.410 e. The van der Waals surface area contributed by atoms with Crippen molar-refractivity contribution in [1.29, 1.82) is 0 Å². The molecule has 1 aliphatic carbocycles. The molecule has 5 heteroatoms. The zero-order valence-corrected chi connectivity index (χ0v) is 13.2. The van der Waals surface area contributed by atoms with E-state index in [1.54, 1.807) is 4.90 Å². The molecule has 118 valence electrons. The Morgan fingerprint density at radius 2 is 1.95 bits per heavy atom. The van der Waals surface area contributed by atoms with Crippen LogP contribution in [-0.2, 0) is 9.53 Å². The van der Waals surface area contributed by atoms with E-state index in [-0.39, 0.29) is 17.9 Å². The first-order valence-electron chi connectivity index (χ1n) is 7.76. The van der Waals surface area contributed by atoms with Crippen LogP contribution in [0.2, 0.25) is 0 Å². The average molecular weight is 294 g/mol. The highest BCUT2D eigenvalue weighted by Gasteiger charge is 2.30. The molecule has 0 bridgehead atoms. The summed E-state index contributed by atoms with van der Waals surface area (Å²) < 4.78 is 5.37. The van der Waals surface area contributed by atoms with Crippen LogP contribution >= 0.6 is 0 Å². The van der Waals surface area contributed by atoms with Crippen LogP contribution in [0, 0.1) is 11.8 Å². The second-order valence-electron chi connectivity index (χ2n) is 6.97. The highest BCUT2D eigenvalue weighted by molar-refractivity contribution is 5.79. The van der Waals surface area contributed by atoms with Crippen molar-refractivity contribution in [3.63, 3.8) is 0 Å². The van der Waals surface area contributed by atoms with Gasteiger partial charge in [-0.05, 0) is 46.0 Å². The highest BCUT2D eigenvalue weighted by Crippen LogP contribution is 2.20. The lowest BCUT2D eigenvalue weighted by atomic mass is 10.1. The number of nitrogens with one attached hydrogen (secondary N) is 1. The number of ether oxygens (including phenoxy) is 1. The van der Waals surface area contributed by atoms with E-state index in [0.29, 0.717) is 25.6 Å². The third-order valence-electron chi connectivity index (χ3n) is 3.88. The van der Waals surface area contributed by atoms with Gasteiger partial charge in [0.1, 0.15) is 5.60 Å². The van der Waals surface area contributed by atoms with Gasteiger partial charge < -0.3 is 15.0 Å². The predicted octanol–water partition coefficient (Wildman–Crippen LogP) is 2.33. The first-order chi connectivity index (χ1) is 9.85. The van der Waals surface area contributed by atoms with Crippen LogP contribution in [0.3, 0.4) is 0 Å². The number of rotatable bonds is 3. The maximum absolute atomic E-state index is 12.0. The van der Waals surface area contributed by atoms with Gasteiger partial charge in [-0.2, -0.15) is 0 Å². The number of hydrogen-bond acceptors (Lipinski definition) is 3. The Hall–Kier alpha value is -1.52. The molecular weight excluding hydrogens is 268 g/mol. The van der Waals surface area contributed by atoms with E-state index < -0.39 is 5.60 Å². The van der Waals surface area contributed by atoms with E-state index in [1.807, 2.05) is 20.8 Å². The SMILES string of the molecule is CC(C)(C)OC(=O)N1CC[C@@H](CNC(=O)C2CC=CC2)C1. The van der Waals surface area contributed by atoms with Gasteiger partial charge in [0.15, 0.2) is 0 Å². The molecule has 1 atom stereocenters. The molecule has 1 aliphatic heterocycles. The van der Waals surface area contributed by atoms with Crippen molar-refractivity contribution >= 4 is 12.0 Å². The van der Waals surface area contributed by atoms with E-state index in [4.69, 9.17) is 4.74 Å². The normalized spacial score (nSPS) is 22.6. The van der Waals surface area contributed by atoms with Gasteiger partial charge in [-0.3, -0.25) is 4.79 Å². The number of amides is 2. The van der Waals surface area contributed by atoms with Crippen molar-refractivity contribution in [2.45, 2.75) is 45.6 Å².